The lowest BCUT2D eigenvalue weighted by Crippen LogP contribution is -2.51. The standard InChI is InChI=1S/C18H38N2O/c1-5-17-9-7-12-20(14-10-17)13-8-11-18(6-2,15-21)19-16(3)4/h16-17,19,21H,5-15H2,1-4H3. The number of nitrogens with zero attached hydrogens (tertiary/aromatic N) is 1. The molecule has 2 N–H and O–H groups in total. The second-order valence-corrected chi connectivity index (χ2v) is 7.24. The quantitative estimate of drug-likeness (QED) is 0.684. The predicted octanol–water partition coefficient (Wildman–Crippen LogP) is 3.42. The van der Waals surface area contributed by atoms with Gasteiger partial charge in [0, 0.05) is 11.6 Å². The van der Waals surface area contributed by atoms with E-state index in [-0.39, 0.29) is 12.1 Å². The largest absolute Gasteiger partial charge is 0.394 e. The molecule has 3 nitrogen and oxygen atoms in total. The number of hydrogen-bond donors (Lipinski definition) is 2. The molecule has 1 fully saturated rings. The Labute approximate surface area is 132 Å². The predicted molar refractivity (Wildman–Crippen MR) is 91.7 cm³/mol. The lowest BCUT2D eigenvalue weighted by Gasteiger charge is -2.35. The fourth-order valence-electron chi connectivity index (χ4n) is 3.70. The fraction of sp³-hybridized carbons (Fsp3) is 1.00. The third-order valence-corrected chi connectivity index (χ3v) is 5.22. The first-order chi connectivity index (χ1) is 10.0. The van der Waals surface area contributed by atoms with E-state index in [0.29, 0.717) is 6.04 Å². The summed E-state index contributed by atoms with van der Waals surface area (Å²) in [4.78, 5) is 2.64. The summed E-state index contributed by atoms with van der Waals surface area (Å²) in [5.74, 6) is 0.949. The molecule has 3 heteroatoms. The van der Waals surface area contributed by atoms with Gasteiger partial charge < -0.3 is 15.3 Å². The first-order valence-corrected chi connectivity index (χ1v) is 9.16. The summed E-state index contributed by atoms with van der Waals surface area (Å²) in [6.07, 6.45) is 8.75. The van der Waals surface area contributed by atoms with Crippen LogP contribution in [-0.2, 0) is 0 Å². The Morgan fingerprint density at radius 1 is 1.24 bits per heavy atom. The molecule has 1 aliphatic rings. The summed E-state index contributed by atoms with van der Waals surface area (Å²) in [7, 11) is 0. The summed E-state index contributed by atoms with van der Waals surface area (Å²) in [6, 6.07) is 0.431. The van der Waals surface area contributed by atoms with Gasteiger partial charge in [0.2, 0.25) is 0 Å². The zero-order chi connectivity index (χ0) is 15.7. The van der Waals surface area contributed by atoms with E-state index < -0.39 is 0 Å². The Hall–Kier alpha value is -0.120. The molecule has 0 aromatic carbocycles. The molecule has 0 radical (unpaired) electrons. The number of hydrogen-bond acceptors (Lipinski definition) is 3. The summed E-state index contributed by atoms with van der Waals surface area (Å²) < 4.78 is 0. The fourth-order valence-corrected chi connectivity index (χ4v) is 3.70. The topological polar surface area (TPSA) is 35.5 Å². The molecule has 2 unspecified atom stereocenters. The van der Waals surface area contributed by atoms with Gasteiger partial charge in [0.05, 0.1) is 6.61 Å². The molecule has 0 aromatic rings. The van der Waals surface area contributed by atoms with E-state index in [9.17, 15) is 5.11 Å². The van der Waals surface area contributed by atoms with Gasteiger partial charge in [-0.2, -0.15) is 0 Å². The van der Waals surface area contributed by atoms with Crippen LogP contribution in [0.3, 0.4) is 0 Å². The second kappa shape index (κ2) is 9.81. The van der Waals surface area contributed by atoms with Gasteiger partial charge in [-0.15, -0.1) is 0 Å². The highest BCUT2D eigenvalue weighted by molar-refractivity contribution is 4.87. The van der Waals surface area contributed by atoms with Crippen LogP contribution < -0.4 is 5.32 Å². The van der Waals surface area contributed by atoms with Crippen LogP contribution in [0, 0.1) is 5.92 Å². The normalized spacial score (nSPS) is 24.0. The molecule has 1 heterocycles. The molecule has 0 spiro atoms. The van der Waals surface area contributed by atoms with Gasteiger partial charge in [0.15, 0.2) is 0 Å². The molecule has 1 aliphatic heterocycles. The number of aliphatic hydroxyl groups is 1. The van der Waals surface area contributed by atoms with Crippen LogP contribution in [0.15, 0.2) is 0 Å². The Kier molecular flexibility index (Phi) is 8.84. The first-order valence-electron chi connectivity index (χ1n) is 9.16. The van der Waals surface area contributed by atoms with Gasteiger partial charge in [-0.05, 0) is 64.1 Å². The van der Waals surface area contributed by atoms with E-state index in [1.807, 2.05) is 0 Å². The van der Waals surface area contributed by atoms with Gasteiger partial charge in [-0.1, -0.05) is 34.1 Å². The maximum absolute atomic E-state index is 9.80. The van der Waals surface area contributed by atoms with Crippen molar-refractivity contribution >= 4 is 0 Å². The van der Waals surface area contributed by atoms with Crippen molar-refractivity contribution in [2.45, 2.75) is 84.2 Å². The van der Waals surface area contributed by atoms with E-state index in [1.54, 1.807) is 0 Å². The smallest absolute Gasteiger partial charge is 0.0613 e. The molecule has 1 saturated heterocycles. The van der Waals surface area contributed by atoms with Gasteiger partial charge >= 0.3 is 0 Å². The lowest BCUT2D eigenvalue weighted by molar-refractivity contribution is 0.130. The van der Waals surface area contributed by atoms with Crippen LogP contribution in [0.25, 0.3) is 0 Å². The maximum atomic E-state index is 9.80. The average Bonchev–Trinajstić information content (AvgIpc) is 2.71. The highest BCUT2D eigenvalue weighted by atomic mass is 16.3. The Balaban J connectivity index is 2.36. The van der Waals surface area contributed by atoms with Crippen molar-refractivity contribution in [1.29, 1.82) is 0 Å². The number of rotatable bonds is 9. The highest BCUT2D eigenvalue weighted by Crippen LogP contribution is 2.22. The van der Waals surface area contributed by atoms with Gasteiger partial charge in [0.1, 0.15) is 0 Å². The summed E-state index contributed by atoms with van der Waals surface area (Å²) in [5.41, 5.74) is -0.0774. The SMILES string of the molecule is CCC1CCCN(CCCC(CC)(CO)NC(C)C)CC1. The maximum Gasteiger partial charge on any atom is 0.0613 e. The Morgan fingerprint density at radius 2 is 2.00 bits per heavy atom. The zero-order valence-electron chi connectivity index (χ0n) is 14.8. The number of likely N-dealkylation sites (tertiary alicyclic amines) is 1. The van der Waals surface area contributed by atoms with E-state index >= 15 is 0 Å². The Bertz CT molecular complexity index is 264. The minimum absolute atomic E-state index is 0.0774. The average molecular weight is 299 g/mol. The van der Waals surface area contributed by atoms with E-state index in [1.165, 1.54) is 51.7 Å². The summed E-state index contributed by atoms with van der Waals surface area (Å²) in [5, 5.41) is 13.4. The monoisotopic (exact) mass is 298 g/mol. The number of aliphatic hydroxyl groups excluding tert-OH is 1. The van der Waals surface area contributed by atoms with Crippen LogP contribution in [0.1, 0.15) is 72.6 Å². The molecule has 126 valence electrons. The van der Waals surface area contributed by atoms with Crippen LogP contribution in [-0.4, -0.2) is 47.8 Å². The third-order valence-electron chi connectivity index (χ3n) is 5.22. The van der Waals surface area contributed by atoms with Crippen LogP contribution >= 0.6 is 0 Å². The molecule has 2 atom stereocenters. The molecule has 0 bridgehead atoms. The second-order valence-electron chi connectivity index (χ2n) is 7.24. The van der Waals surface area contributed by atoms with Crippen LogP contribution in [0.2, 0.25) is 0 Å². The van der Waals surface area contributed by atoms with Crippen molar-refractivity contribution in [3.8, 4) is 0 Å². The third kappa shape index (κ3) is 6.66. The minimum atomic E-state index is -0.0774. The van der Waals surface area contributed by atoms with E-state index in [0.717, 1.165) is 18.8 Å². The summed E-state index contributed by atoms with van der Waals surface area (Å²) in [6.45, 7) is 12.8. The molecule has 0 saturated carbocycles. The highest BCUT2D eigenvalue weighted by Gasteiger charge is 2.27. The molecule has 21 heavy (non-hydrogen) atoms. The van der Waals surface area contributed by atoms with Crippen molar-refractivity contribution in [3.63, 3.8) is 0 Å². The van der Waals surface area contributed by atoms with Crippen molar-refractivity contribution < 1.29 is 5.11 Å². The lowest BCUT2D eigenvalue weighted by atomic mass is 9.90. The molecule has 0 amide bonds. The summed E-state index contributed by atoms with van der Waals surface area (Å²) >= 11 is 0. The van der Waals surface area contributed by atoms with E-state index in [4.69, 9.17) is 0 Å². The van der Waals surface area contributed by atoms with Crippen molar-refractivity contribution in [3.05, 3.63) is 0 Å². The van der Waals surface area contributed by atoms with Crippen LogP contribution in [0.5, 0.6) is 0 Å². The van der Waals surface area contributed by atoms with E-state index in [2.05, 4.69) is 37.9 Å². The van der Waals surface area contributed by atoms with Crippen LogP contribution in [0.4, 0.5) is 0 Å². The molecule has 0 aliphatic carbocycles. The van der Waals surface area contributed by atoms with Gasteiger partial charge in [-0.3, -0.25) is 0 Å². The minimum Gasteiger partial charge on any atom is -0.394 e. The van der Waals surface area contributed by atoms with Gasteiger partial charge in [0.25, 0.3) is 0 Å². The zero-order valence-corrected chi connectivity index (χ0v) is 14.8. The van der Waals surface area contributed by atoms with Gasteiger partial charge in [-0.25, -0.2) is 0 Å². The first kappa shape index (κ1) is 18.9. The Morgan fingerprint density at radius 3 is 2.57 bits per heavy atom. The number of nitrogens with one attached hydrogen (secondary N) is 1. The van der Waals surface area contributed by atoms with Crippen molar-refractivity contribution in [2.75, 3.05) is 26.2 Å². The molecule has 1 rings (SSSR count). The molecular formula is C18H38N2O. The van der Waals surface area contributed by atoms with Crippen molar-refractivity contribution in [1.82, 2.24) is 10.2 Å². The molecule has 0 aromatic heterocycles. The molecular weight excluding hydrogens is 260 g/mol. The van der Waals surface area contributed by atoms with Crippen molar-refractivity contribution in [2.24, 2.45) is 5.92 Å².